The fourth-order valence-corrected chi connectivity index (χ4v) is 1.88. The fraction of sp³-hybridized carbons (Fsp3) is 0.455. The minimum absolute atomic E-state index is 0.0350. The molecule has 0 aromatic carbocycles. The molecule has 0 spiro atoms. The number of aliphatic carboxylic acids is 1. The molecule has 3 heteroatoms. The molecule has 0 fully saturated rings. The molecule has 0 bridgehead atoms. The monoisotopic (exact) mass is 191 g/mol. The number of carbonyl (C=O) groups is 1. The summed E-state index contributed by atoms with van der Waals surface area (Å²) in [6, 6.07) is 3.86. The summed E-state index contributed by atoms with van der Waals surface area (Å²) in [5, 5.41) is 8.63. The Labute approximate surface area is 82.8 Å². The molecule has 0 atom stereocenters. The molecule has 0 amide bonds. The molecule has 1 aromatic heterocycles. The molecule has 1 aliphatic carbocycles. The summed E-state index contributed by atoms with van der Waals surface area (Å²) in [7, 11) is 0. The number of rotatable bonds is 2. The Morgan fingerprint density at radius 2 is 2.14 bits per heavy atom. The quantitative estimate of drug-likeness (QED) is 0.772. The van der Waals surface area contributed by atoms with E-state index in [0.717, 1.165) is 18.5 Å². The van der Waals surface area contributed by atoms with Gasteiger partial charge in [0.1, 0.15) is 0 Å². The van der Waals surface area contributed by atoms with Gasteiger partial charge < -0.3 is 5.11 Å². The number of aromatic nitrogens is 1. The molecular weight excluding hydrogens is 178 g/mol. The molecule has 14 heavy (non-hydrogen) atoms. The number of nitrogens with zero attached hydrogens (tertiary/aromatic N) is 1. The highest BCUT2D eigenvalue weighted by Crippen LogP contribution is 2.19. The third kappa shape index (κ3) is 1.92. The molecule has 0 aliphatic heterocycles. The van der Waals surface area contributed by atoms with E-state index in [2.05, 4.69) is 4.98 Å². The lowest BCUT2D eigenvalue weighted by Crippen LogP contribution is -2.09. The number of pyridine rings is 1. The Balaban J connectivity index is 2.24. The maximum absolute atomic E-state index is 10.5. The number of carboxylic acid groups (broad SMARTS) is 1. The molecule has 0 saturated heterocycles. The van der Waals surface area contributed by atoms with E-state index in [9.17, 15) is 4.79 Å². The molecule has 0 unspecified atom stereocenters. The molecule has 3 nitrogen and oxygen atoms in total. The van der Waals surface area contributed by atoms with Crippen LogP contribution in [0.1, 0.15) is 29.8 Å². The van der Waals surface area contributed by atoms with Crippen molar-refractivity contribution >= 4 is 5.97 Å². The van der Waals surface area contributed by atoms with Gasteiger partial charge in [0.15, 0.2) is 0 Å². The highest BCUT2D eigenvalue weighted by atomic mass is 16.4. The SMILES string of the molecule is O=C(O)Cc1ccc2c(n1)CCCC2. The predicted octanol–water partition coefficient (Wildman–Crippen LogP) is 1.59. The van der Waals surface area contributed by atoms with Crippen molar-refractivity contribution in [3.05, 3.63) is 29.1 Å². The van der Waals surface area contributed by atoms with Crippen molar-refractivity contribution in [1.82, 2.24) is 4.98 Å². The van der Waals surface area contributed by atoms with Crippen LogP contribution in [0.25, 0.3) is 0 Å². The van der Waals surface area contributed by atoms with Gasteiger partial charge >= 0.3 is 5.97 Å². The van der Waals surface area contributed by atoms with E-state index < -0.39 is 5.97 Å². The first-order valence-electron chi connectivity index (χ1n) is 4.95. The van der Waals surface area contributed by atoms with Crippen molar-refractivity contribution in [2.45, 2.75) is 32.1 Å². The van der Waals surface area contributed by atoms with Gasteiger partial charge in [-0.1, -0.05) is 6.07 Å². The van der Waals surface area contributed by atoms with Crippen molar-refractivity contribution in [2.75, 3.05) is 0 Å². The number of fused-ring (bicyclic) bond motifs is 1. The van der Waals surface area contributed by atoms with Crippen LogP contribution in [0.5, 0.6) is 0 Å². The van der Waals surface area contributed by atoms with E-state index >= 15 is 0 Å². The van der Waals surface area contributed by atoms with Crippen LogP contribution in [0, 0.1) is 0 Å². The lowest BCUT2D eigenvalue weighted by atomic mass is 9.96. The Bertz CT molecular complexity index is 360. The standard InChI is InChI=1S/C11H13NO2/c13-11(14)7-9-6-5-8-3-1-2-4-10(8)12-9/h5-6H,1-4,7H2,(H,13,14). The topological polar surface area (TPSA) is 50.2 Å². The zero-order valence-corrected chi connectivity index (χ0v) is 7.99. The Morgan fingerprint density at radius 3 is 2.93 bits per heavy atom. The summed E-state index contributed by atoms with van der Waals surface area (Å²) in [4.78, 5) is 14.9. The van der Waals surface area contributed by atoms with Gasteiger partial charge in [-0.2, -0.15) is 0 Å². The predicted molar refractivity (Wildman–Crippen MR) is 52.2 cm³/mol. The number of hydrogen-bond donors (Lipinski definition) is 1. The largest absolute Gasteiger partial charge is 0.481 e. The Morgan fingerprint density at radius 1 is 1.36 bits per heavy atom. The van der Waals surface area contributed by atoms with Crippen molar-refractivity contribution in [2.24, 2.45) is 0 Å². The highest BCUT2D eigenvalue weighted by Gasteiger charge is 2.11. The molecule has 1 aliphatic rings. The average Bonchev–Trinajstić information content (AvgIpc) is 2.17. The third-order valence-corrected chi connectivity index (χ3v) is 2.57. The van der Waals surface area contributed by atoms with Gasteiger partial charge in [-0.05, 0) is 37.3 Å². The molecule has 1 heterocycles. The molecule has 0 radical (unpaired) electrons. The zero-order chi connectivity index (χ0) is 9.97. The summed E-state index contributed by atoms with van der Waals surface area (Å²) in [5.74, 6) is -0.812. The van der Waals surface area contributed by atoms with E-state index in [-0.39, 0.29) is 6.42 Å². The first kappa shape index (κ1) is 9.19. The van der Waals surface area contributed by atoms with Crippen LogP contribution in [-0.4, -0.2) is 16.1 Å². The fourth-order valence-electron chi connectivity index (χ4n) is 1.88. The number of hydrogen-bond acceptors (Lipinski definition) is 2. The smallest absolute Gasteiger partial charge is 0.309 e. The summed E-state index contributed by atoms with van der Waals surface area (Å²) in [6.07, 6.45) is 4.54. The van der Waals surface area contributed by atoms with Gasteiger partial charge in [-0.15, -0.1) is 0 Å². The zero-order valence-electron chi connectivity index (χ0n) is 7.99. The van der Waals surface area contributed by atoms with Crippen molar-refractivity contribution in [3.63, 3.8) is 0 Å². The van der Waals surface area contributed by atoms with E-state index in [4.69, 9.17) is 5.11 Å². The van der Waals surface area contributed by atoms with E-state index in [1.165, 1.54) is 18.4 Å². The van der Waals surface area contributed by atoms with Gasteiger partial charge in [-0.3, -0.25) is 9.78 Å². The Hall–Kier alpha value is -1.38. The lowest BCUT2D eigenvalue weighted by Gasteiger charge is -2.14. The first-order valence-corrected chi connectivity index (χ1v) is 4.95. The van der Waals surface area contributed by atoms with Crippen LogP contribution in [0.4, 0.5) is 0 Å². The molecule has 1 aromatic rings. The van der Waals surface area contributed by atoms with Gasteiger partial charge in [-0.25, -0.2) is 0 Å². The maximum Gasteiger partial charge on any atom is 0.309 e. The average molecular weight is 191 g/mol. The third-order valence-electron chi connectivity index (χ3n) is 2.57. The molecule has 1 N–H and O–H groups in total. The van der Waals surface area contributed by atoms with E-state index in [0.29, 0.717) is 5.69 Å². The van der Waals surface area contributed by atoms with Crippen molar-refractivity contribution < 1.29 is 9.90 Å². The summed E-state index contributed by atoms with van der Waals surface area (Å²) < 4.78 is 0. The van der Waals surface area contributed by atoms with Gasteiger partial charge in [0.2, 0.25) is 0 Å². The van der Waals surface area contributed by atoms with Crippen molar-refractivity contribution in [1.29, 1.82) is 0 Å². The van der Waals surface area contributed by atoms with Crippen LogP contribution >= 0.6 is 0 Å². The molecular formula is C11H13NO2. The number of aryl methyl sites for hydroxylation is 2. The minimum atomic E-state index is -0.812. The van der Waals surface area contributed by atoms with Crippen LogP contribution in [0.3, 0.4) is 0 Å². The second kappa shape index (κ2) is 3.78. The molecule has 2 rings (SSSR count). The van der Waals surface area contributed by atoms with Crippen molar-refractivity contribution in [3.8, 4) is 0 Å². The normalized spacial score (nSPS) is 14.9. The van der Waals surface area contributed by atoms with Crippen LogP contribution in [0.2, 0.25) is 0 Å². The van der Waals surface area contributed by atoms with Crippen LogP contribution in [-0.2, 0) is 24.1 Å². The number of carboxylic acids is 1. The van der Waals surface area contributed by atoms with Gasteiger partial charge in [0.25, 0.3) is 0 Å². The summed E-state index contributed by atoms with van der Waals surface area (Å²) in [6.45, 7) is 0. The van der Waals surface area contributed by atoms with Crippen LogP contribution < -0.4 is 0 Å². The first-order chi connectivity index (χ1) is 6.75. The Kier molecular flexibility index (Phi) is 2.48. The van der Waals surface area contributed by atoms with Gasteiger partial charge in [0.05, 0.1) is 12.1 Å². The van der Waals surface area contributed by atoms with E-state index in [1.807, 2.05) is 12.1 Å². The minimum Gasteiger partial charge on any atom is -0.481 e. The van der Waals surface area contributed by atoms with Crippen LogP contribution in [0.15, 0.2) is 12.1 Å². The summed E-state index contributed by atoms with van der Waals surface area (Å²) >= 11 is 0. The summed E-state index contributed by atoms with van der Waals surface area (Å²) in [5.41, 5.74) is 3.08. The molecule has 0 saturated carbocycles. The van der Waals surface area contributed by atoms with Gasteiger partial charge in [0, 0.05) is 5.69 Å². The maximum atomic E-state index is 10.5. The highest BCUT2D eigenvalue weighted by molar-refractivity contribution is 5.69. The van der Waals surface area contributed by atoms with E-state index in [1.54, 1.807) is 0 Å². The second-order valence-corrected chi connectivity index (χ2v) is 3.69. The second-order valence-electron chi connectivity index (χ2n) is 3.69. The lowest BCUT2D eigenvalue weighted by molar-refractivity contribution is -0.136. The molecule has 74 valence electrons.